The van der Waals surface area contributed by atoms with Gasteiger partial charge in [0.05, 0.1) is 11.2 Å². The third-order valence-electron chi connectivity index (χ3n) is 6.57. The van der Waals surface area contributed by atoms with Crippen molar-refractivity contribution in [2.45, 2.75) is 53.5 Å². The van der Waals surface area contributed by atoms with Gasteiger partial charge in [-0.3, -0.25) is 14.9 Å². The van der Waals surface area contributed by atoms with E-state index in [0.29, 0.717) is 5.69 Å². The van der Waals surface area contributed by atoms with Crippen molar-refractivity contribution in [1.82, 2.24) is 5.32 Å². The van der Waals surface area contributed by atoms with E-state index in [9.17, 15) is 14.4 Å². The van der Waals surface area contributed by atoms with Crippen LogP contribution in [-0.4, -0.2) is 29.9 Å². The molecule has 0 aromatic heterocycles. The first kappa shape index (κ1) is 23.5. The number of amides is 4. The fraction of sp³-hybridized carbons (Fsp3) is 0.321. The van der Waals surface area contributed by atoms with Gasteiger partial charge in [-0.15, -0.1) is 0 Å². The lowest BCUT2D eigenvalue weighted by molar-refractivity contribution is -0.122. The smallest absolute Gasteiger partial charge is 0.335 e. The molecular weight excluding hydrogens is 426 g/mol. The molecule has 176 valence electrons. The summed E-state index contributed by atoms with van der Waals surface area (Å²) in [5.41, 5.74) is 6.19. The van der Waals surface area contributed by atoms with Gasteiger partial charge >= 0.3 is 6.03 Å². The number of anilines is 2. The highest BCUT2D eigenvalue weighted by atomic mass is 16.2. The number of nitrogens with one attached hydrogen (secondary N) is 1. The fourth-order valence-corrected chi connectivity index (χ4v) is 4.88. The summed E-state index contributed by atoms with van der Waals surface area (Å²) in [4.78, 5) is 42.0. The number of carbonyl (C=O) groups is 3. The Hall–Kier alpha value is -3.67. The van der Waals surface area contributed by atoms with Crippen molar-refractivity contribution in [1.29, 1.82) is 0 Å². The summed E-state index contributed by atoms with van der Waals surface area (Å²) < 4.78 is 0. The van der Waals surface area contributed by atoms with E-state index in [4.69, 9.17) is 0 Å². The number of aryl methyl sites for hydroxylation is 2. The van der Waals surface area contributed by atoms with Crippen LogP contribution >= 0.6 is 0 Å². The molecule has 4 rings (SSSR count). The topological polar surface area (TPSA) is 69.7 Å². The minimum atomic E-state index is -0.736. The van der Waals surface area contributed by atoms with Crippen LogP contribution in [0.25, 0.3) is 11.6 Å². The first-order valence-corrected chi connectivity index (χ1v) is 11.6. The molecule has 0 unspecified atom stereocenters. The van der Waals surface area contributed by atoms with Gasteiger partial charge in [-0.1, -0.05) is 31.2 Å². The summed E-state index contributed by atoms with van der Waals surface area (Å²) >= 11 is 0. The first-order chi connectivity index (χ1) is 16.0. The molecule has 2 heterocycles. The van der Waals surface area contributed by atoms with Crippen LogP contribution in [0.1, 0.15) is 56.4 Å². The van der Waals surface area contributed by atoms with Crippen molar-refractivity contribution in [2.24, 2.45) is 0 Å². The Bertz CT molecular complexity index is 1270. The van der Waals surface area contributed by atoms with E-state index in [1.54, 1.807) is 18.2 Å². The molecule has 2 aliphatic heterocycles. The average molecular weight is 458 g/mol. The molecule has 6 nitrogen and oxygen atoms in total. The zero-order valence-electron chi connectivity index (χ0n) is 20.7. The fourth-order valence-electron chi connectivity index (χ4n) is 4.88. The van der Waals surface area contributed by atoms with Crippen molar-refractivity contribution in [3.8, 4) is 0 Å². The zero-order chi connectivity index (χ0) is 24.8. The Labute approximate surface area is 200 Å². The molecular formula is C28H31N3O3. The number of para-hydroxylation sites is 1. The molecule has 0 atom stereocenters. The van der Waals surface area contributed by atoms with Gasteiger partial charge in [0.1, 0.15) is 5.57 Å². The lowest BCUT2D eigenvalue weighted by atomic mass is 9.86. The maximum absolute atomic E-state index is 13.3. The Kier molecular flexibility index (Phi) is 5.94. The van der Waals surface area contributed by atoms with E-state index >= 15 is 0 Å². The summed E-state index contributed by atoms with van der Waals surface area (Å²) in [7, 11) is 0. The van der Waals surface area contributed by atoms with E-state index in [1.165, 1.54) is 0 Å². The van der Waals surface area contributed by atoms with Gasteiger partial charge in [0.15, 0.2) is 0 Å². The standard InChI is InChI=1S/C28H31N3O3/c1-7-12-30-24-13-18(3)20(14-21(24)19(4)16-28(30,5)6)15-22-25(32)29-27(34)31(26(22)33)23-11-9-8-10-17(23)2/h8-11,13-16H,7,12H2,1-6H3,(H,29,32,34)/b22-15-. The number of fused-ring (bicyclic) bond motifs is 1. The lowest BCUT2D eigenvalue weighted by Crippen LogP contribution is -2.54. The van der Waals surface area contributed by atoms with Crippen LogP contribution in [0, 0.1) is 13.8 Å². The van der Waals surface area contributed by atoms with Crippen LogP contribution in [0.4, 0.5) is 16.2 Å². The molecule has 0 aliphatic carbocycles. The third kappa shape index (κ3) is 3.94. The number of rotatable bonds is 4. The van der Waals surface area contributed by atoms with Gasteiger partial charge in [-0.2, -0.15) is 0 Å². The number of allylic oxidation sites excluding steroid dienone is 1. The van der Waals surface area contributed by atoms with Gasteiger partial charge in [0.2, 0.25) is 0 Å². The third-order valence-corrected chi connectivity index (χ3v) is 6.57. The second-order valence-electron chi connectivity index (χ2n) is 9.60. The Morgan fingerprint density at radius 3 is 2.35 bits per heavy atom. The SMILES string of the molecule is CCCN1c2cc(C)c(/C=C3/C(=O)NC(=O)N(c4ccccc4C)C3=O)cc2C(C)=CC1(C)C. The summed E-state index contributed by atoms with van der Waals surface area (Å²) in [6.07, 6.45) is 4.88. The molecule has 34 heavy (non-hydrogen) atoms. The normalized spacial score (nSPS) is 18.7. The van der Waals surface area contributed by atoms with Crippen LogP contribution in [0.5, 0.6) is 0 Å². The molecule has 0 bridgehead atoms. The van der Waals surface area contributed by atoms with Crippen LogP contribution in [0.3, 0.4) is 0 Å². The quantitative estimate of drug-likeness (QED) is 0.494. The molecule has 0 saturated carbocycles. The Morgan fingerprint density at radius 1 is 0.971 bits per heavy atom. The van der Waals surface area contributed by atoms with Crippen molar-refractivity contribution >= 4 is 40.9 Å². The Balaban J connectivity index is 1.80. The van der Waals surface area contributed by atoms with Gasteiger partial charge in [-0.05, 0) is 87.6 Å². The average Bonchev–Trinajstić information content (AvgIpc) is 2.75. The van der Waals surface area contributed by atoms with Crippen LogP contribution < -0.4 is 15.1 Å². The molecule has 1 N–H and O–H groups in total. The maximum atomic E-state index is 13.3. The predicted octanol–water partition coefficient (Wildman–Crippen LogP) is 5.38. The van der Waals surface area contributed by atoms with E-state index in [2.05, 4.69) is 50.1 Å². The highest BCUT2D eigenvalue weighted by molar-refractivity contribution is 6.39. The van der Waals surface area contributed by atoms with Crippen LogP contribution in [-0.2, 0) is 9.59 Å². The van der Waals surface area contributed by atoms with E-state index in [-0.39, 0.29) is 11.1 Å². The van der Waals surface area contributed by atoms with Crippen molar-refractivity contribution in [3.05, 3.63) is 70.3 Å². The van der Waals surface area contributed by atoms with Gasteiger partial charge in [0, 0.05) is 17.8 Å². The largest absolute Gasteiger partial charge is 0.362 e. The van der Waals surface area contributed by atoms with E-state index < -0.39 is 17.8 Å². The highest BCUT2D eigenvalue weighted by Crippen LogP contribution is 2.41. The predicted molar refractivity (Wildman–Crippen MR) is 137 cm³/mol. The van der Waals surface area contributed by atoms with Gasteiger partial charge in [-0.25, -0.2) is 9.69 Å². The van der Waals surface area contributed by atoms with E-state index in [0.717, 1.165) is 51.4 Å². The van der Waals surface area contributed by atoms with Gasteiger partial charge < -0.3 is 4.90 Å². The summed E-state index contributed by atoms with van der Waals surface area (Å²) in [5, 5.41) is 2.32. The number of barbiturate groups is 1. The van der Waals surface area contributed by atoms with Crippen molar-refractivity contribution < 1.29 is 14.4 Å². The minimum Gasteiger partial charge on any atom is -0.362 e. The maximum Gasteiger partial charge on any atom is 0.335 e. The van der Waals surface area contributed by atoms with Crippen LogP contribution in [0.2, 0.25) is 0 Å². The molecule has 1 fully saturated rings. The summed E-state index contributed by atoms with van der Waals surface area (Å²) in [5.74, 6) is -1.31. The summed E-state index contributed by atoms with van der Waals surface area (Å²) in [6.45, 7) is 13.4. The molecule has 6 heteroatoms. The molecule has 0 spiro atoms. The lowest BCUT2D eigenvalue weighted by Gasteiger charge is -2.43. The second-order valence-corrected chi connectivity index (χ2v) is 9.60. The minimum absolute atomic E-state index is 0.0610. The molecule has 2 aromatic carbocycles. The number of benzene rings is 2. The molecule has 1 saturated heterocycles. The zero-order valence-corrected chi connectivity index (χ0v) is 20.7. The Morgan fingerprint density at radius 2 is 1.68 bits per heavy atom. The number of hydrogen-bond acceptors (Lipinski definition) is 4. The molecule has 2 aliphatic rings. The number of carbonyl (C=O) groups excluding carboxylic acids is 3. The monoisotopic (exact) mass is 457 g/mol. The number of imide groups is 2. The van der Waals surface area contributed by atoms with E-state index in [1.807, 2.05) is 32.0 Å². The first-order valence-electron chi connectivity index (χ1n) is 11.6. The number of urea groups is 1. The number of hydrogen-bond donors (Lipinski definition) is 1. The molecule has 0 radical (unpaired) electrons. The van der Waals surface area contributed by atoms with Gasteiger partial charge in [0.25, 0.3) is 11.8 Å². The van der Waals surface area contributed by atoms with Crippen LogP contribution in [0.15, 0.2) is 48.0 Å². The van der Waals surface area contributed by atoms with Crippen molar-refractivity contribution in [2.75, 3.05) is 16.3 Å². The molecule has 2 aromatic rings. The summed E-state index contributed by atoms with van der Waals surface area (Å²) in [6, 6.07) is 10.5. The number of nitrogens with zero attached hydrogens (tertiary/aromatic N) is 2. The van der Waals surface area contributed by atoms with Crippen molar-refractivity contribution in [3.63, 3.8) is 0 Å². The highest BCUT2D eigenvalue weighted by Gasteiger charge is 2.38. The molecule has 4 amide bonds. The second kappa shape index (κ2) is 8.60.